The molecular formula is C21H28N2O3. The van der Waals surface area contributed by atoms with E-state index in [4.69, 9.17) is 14.6 Å². The number of benzene rings is 1. The number of hydrogen-bond donors (Lipinski definition) is 0. The van der Waals surface area contributed by atoms with Crippen LogP contribution in [-0.4, -0.2) is 30.0 Å². The van der Waals surface area contributed by atoms with Gasteiger partial charge in [-0.15, -0.1) is 0 Å². The van der Waals surface area contributed by atoms with Crippen molar-refractivity contribution in [3.8, 4) is 17.0 Å². The van der Waals surface area contributed by atoms with Gasteiger partial charge in [-0.25, -0.2) is 0 Å². The van der Waals surface area contributed by atoms with Gasteiger partial charge in [0.1, 0.15) is 12.3 Å². The molecule has 0 unspecified atom stereocenters. The van der Waals surface area contributed by atoms with Gasteiger partial charge in [-0.1, -0.05) is 32.9 Å². The lowest BCUT2D eigenvalue weighted by atomic mass is 9.75. The summed E-state index contributed by atoms with van der Waals surface area (Å²) in [6.07, 6.45) is 2.26. The second kappa shape index (κ2) is 7.52. The molecule has 0 bridgehead atoms. The Morgan fingerprint density at radius 1 is 1.27 bits per heavy atom. The van der Waals surface area contributed by atoms with Crippen LogP contribution in [0.25, 0.3) is 11.3 Å². The molecule has 0 saturated heterocycles. The zero-order valence-electron chi connectivity index (χ0n) is 16.3. The predicted octanol–water partition coefficient (Wildman–Crippen LogP) is 4.37. The molecule has 0 spiro atoms. The van der Waals surface area contributed by atoms with Crippen molar-refractivity contribution in [1.29, 1.82) is 0 Å². The molecule has 0 N–H and O–H groups in total. The molecular weight excluding hydrogens is 328 g/mol. The molecule has 26 heavy (non-hydrogen) atoms. The Morgan fingerprint density at radius 2 is 2.00 bits per heavy atom. The second-order valence-electron chi connectivity index (χ2n) is 7.41. The van der Waals surface area contributed by atoms with E-state index in [9.17, 15) is 4.79 Å². The van der Waals surface area contributed by atoms with Gasteiger partial charge >= 0.3 is 5.97 Å². The first-order valence-electron chi connectivity index (χ1n) is 9.28. The molecule has 0 fully saturated rings. The van der Waals surface area contributed by atoms with Gasteiger partial charge < -0.3 is 9.47 Å². The van der Waals surface area contributed by atoms with Crippen LogP contribution in [0.3, 0.4) is 0 Å². The number of methoxy groups -OCH3 is 2. The molecule has 5 heteroatoms. The fourth-order valence-corrected chi connectivity index (χ4v) is 4.04. The third-order valence-corrected chi connectivity index (χ3v) is 5.45. The Labute approximate surface area is 155 Å². The van der Waals surface area contributed by atoms with E-state index in [0.717, 1.165) is 35.5 Å². The van der Waals surface area contributed by atoms with E-state index in [-0.39, 0.29) is 12.5 Å². The highest BCUT2D eigenvalue weighted by Crippen LogP contribution is 2.47. The summed E-state index contributed by atoms with van der Waals surface area (Å²) in [4.78, 5) is 12.0. The highest BCUT2D eigenvalue weighted by atomic mass is 16.5. The van der Waals surface area contributed by atoms with Crippen LogP contribution in [0.4, 0.5) is 0 Å². The standard InChI is InChI=1S/C21H28N2O3/c1-13(2)15-11-10-14(3)19-20(15)22-23(12-18(24)26-5)21(19)16-8-6-7-9-17(16)25-4/h6-9,13-15H,10-12H2,1-5H3/t14-,15+/m1/s1. The monoisotopic (exact) mass is 356 g/mol. The molecule has 0 aliphatic heterocycles. The van der Waals surface area contributed by atoms with Gasteiger partial charge in [0.15, 0.2) is 0 Å². The summed E-state index contributed by atoms with van der Waals surface area (Å²) < 4.78 is 12.3. The highest BCUT2D eigenvalue weighted by molar-refractivity contribution is 5.75. The molecule has 2 aromatic rings. The number of para-hydroxylation sites is 1. The largest absolute Gasteiger partial charge is 0.496 e. The molecule has 0 radical (unpaired) electrons. The molecule has 1 aliphatic carbocycles. The first kappa shape index (κ1) is 18.5. The summed E-state index contributed by atoms with van der Waals surface area (Å²) in [6, 6.07) is 7.93. The number of aromatic nitrogens is 2. The van der Waals surface area contributed by atoms with Crippen LogP contribution in [0.15, 0.2) is 24.3 Å². The lowest BCUT2D eigenvalue weighted by Crippen LogP contribution is -2.17. The van der Waals surface area contributed by atoms with E-state index >= 15 is 0 Å². The lowest BCUT2D eigenvalue weighted by Gasteiger charge is -2.29. The number of ether oxygens (including phenoxy) is 2. The topological polar surface area (TPSA) is 53.4 Å². The van der Waals surface area contributed by atoms with Crippen LogP contribution in [0.5, 0.6) is 5.75 Å². The first-order valence-corrected chi connectivity index (χ1v) is 9.28. The number of carbonyl (C=O) groups is 1. The van der Waals surface area contributed by atoms with Gasteiger partial charge in [0.25, 0.3) is 0 Å². The summed E-state index contributed by atoms with van der Waals surface area (Å²) in [6.45, 7) is 6.84. The molecule has 2 atom stereocenters. The predicted molar refractivity (Wildman–Crippen MR) is 101 cm³/mol. The van der Waals surface area contributed by atoms with Gasteiger partial charge in [-0.05, 0) is 36.8 Å². The molecule has 0 saturated carbocycles. The zero-order chi connectivity index (χ0) is 18.8. The van der Waals surface area contributed by atoms with Crippen molar-refractivity contribution in [1.82, 2.24) is 9.78 Å². The smallest absolute Gasteiger partial charge is 0.327 e. The lowest BCUT2D eigenvalue weighted by molar-refractivity contribution is -0.141. The van der Waals surface area contributed by atoms with Crippen LogP contribution in [-0.2, 0) is 16.1 Å². The van der Waals surface area contributed by atoms with E-state index in [0.29, 0.717) is 17.8 Å². The highest BCUT2D eigenvalue weighted by Gasteiger charge is 2.35. The van der Waals surface area contributed by atoms with Crippen LogP contribution in [0, 0.1) is 5.92 Å². The Hall–Kier alpha value is -2.30. The molecule has 1 heterocycles. The van der Waals surface area contributed by atoms with Gasteiger partial charge in [-0.2, -0.15) is 5.10 Å². The van der Waals surface area contributed by atoms with Crippen LogP contribution in [0.2, 0.25) is 0 Å². The maximum atomic E-state index is 12.0. The minimum Gasteiger partial charge on any atom is -0.496 e. The van der Waals surface area contributed by atoms with E-state index in [2.05, 4.69) is 20.8 Å². The minimum atomic E-state index is -0.297. The fourth-order valence-electron chi connectivity index (χ4n) is 4.04. The van der Waals surface area contributed by atoms with E-state index < -0.39 is 0 Å². The van der Waals surface area contributed by atoms with Gasteiger partial charge in [0, 0.05) is 17.0 Å². The molecule has 1 aliphatic rings. The van der Waals surface area contributed by atoms with E-state index in [1.54, 1.807) is 7.11 Å². The quantitative estimate of drug-likeness (QED) is 0.747. The number of rotatable bonds is 5. The maximum absolute atomic E-state index is 12.0. The average Bonchev–Trinajstić information content (AvgIpc) is 3.00. The number of carbonyl (C=O) groups excluding carboxylic acids is 1. The Bertz CT molecular complexity index is 795. The number of fused-ring (bicyclic) bond motifs is 1. The molecule has 1 aromatic carbocycles. The molecule has 1 aromatic heterocycles. The second-order valence-corrected chi connectivity index (χ2v) is 7.41. The fraction of sp³-hybridized carbons (Fsp3) is 0.524. The van der Waals surface area contributed by atoms with Crippen molar-refractivity contribution in [3.63, 3.8) is 0 Å². The van der Waals surface area contributed by atoms with Gasteiger partial charge in [0.2, 0.25) is 0 Å². The third-order valence-electron chi connectivity index (χ3n) is 5.45. The number of nitrogens with zero attached hydrogens (tertiary/aromatic N) is 2. The van der Waals surface area contributed by atoms with Crippen molar-refractivity contribution in [2.75, 3.05) is 14.2 Å². The van der Waals surface area contributed by atoms with Crippen LogP contribution in [0.1, 0.15) is 56.7 Å². The number of hydrogen-bond acceptors (Lipinski definition) is 4. The molecule has 5 nitrogen and oxygen atoms in total. The van der Waals surface area contributed by atoms with Crippen molar-refractivity contribution in [2.45, 2.75) is 52.0 Å². The van der Waals surface area contributed by atoms with E-state index in [1.807, 2.05) is 28.9 Å². The Kier molecular flexibility index (Phi) is 5.35. The van der Waals surface area contributed by atoms with Crippen LogP contribution < -0.4 is 4.74 Å². The Balaban J connectivity index is 2.25. The first-order chi connectivity index (χ1) is 12.5. The summed E-state index contributed by atoms with van der Waals surface area (Å²) in [5.41, 5.74) is 4.34. The van der Waals surface area contributed by atoms with Crippen LogP contribution >= 0.6 is 0 Å². The molecule has 0 amide bonds. The molecule has 140 valence electrons. The third kappa shape index (κ3) is 3.22. The van der Waals surface area contributed by atoms with Crippen molar-refractivity contribution >= 4 is 5.97 Å². The van der Waals surface area contributed by atoms with Crippen molar-refractivity contribution < 1.29 is 14.3 Å². The maximum Gasteiger partial charge on any atom is 0.327 e. The van der Waals surface area contributed by atoms with Gasteiger partial charge in [0.05, 0.1) is 25.6 Å². The summed E-state index contributed by atoms with van der Waals surface area (Å²) in [5.74, 6) is 1.81. The Morgan fingerprint density at radius 3 is 2.65 bits per heavy atom. The summed E-state index contributed by atoms with van der Waals surface area (Å²) >= 11 is 0. The minimum absolute atomic E-state index is 0.106. The van der Waals surface area contributed by atoms with E-state index in [1.165, 1.54) is 12.7 Å². The average molecular weight is 356 g/mol. The van der Waals surface area contributed by atoms with Gasteiger partial charge in [-0.3, -0.25) is 9.48 Å². The SMILES string of the molecule is COC(=O)Cn1nc2c(c1-c1ccccc1OC)[C@H](C)CC[C@H]2C(C)C. The summed E-state index contributed by atoms with van der Waals surface area (Å²) in [5, 5.41) is 4.90. The normalized spacial score (nSPS) is 19.3. The van der Waals surface area contributed by atoms with Crippen molar-refractivity contribution in [3.05, 3.63) is 35.5 Å². The zero-order valence-corrected chi connectivity index (χ0v) is 16.3. The number of esters is 1. The summed E-state index contributed by atoms with van der Waals surface area (Å²) in [7, 11) is 3.08. The van der Waals surface area contributed by atoms with Crippen molar-refractivity contribution in [2.24, 2.45) is 5.92 Å². The molecule has 3 rings (SSSR count).